The van der Waals surface area contributed by atoms with E-state index in [1.54, 1.807) is 18.5 Å². The van der Waals surface area contributed by atoms with Crippen molar-refractivity contribution in [3.8, 4) is 22.9 Å². The third kappa shape index (κ3) is 6.46. The molecule has 1 aliphatic heterocycles. The van der Waals surface area contributed by atoms with Gasteiger partial charge in [0.25, 0.3) is 0 Å². The molecule has 0 amide bonds. The number of hydrogen-bond acceptors (Lipinski definition) is 8. The van der Waals surface area contributed by atoms with Crippen molar-refractivity contribution in [1.82, 2.24) is 20.3 Å². The Morgan fingerprint density at radius 1 is 1.00 bits per heavy atom. The first-order chi connectivity index (χ1) is 18.9. The lowest BCUT2D eigenvalue weighted by atomic mass is 10.0. The molecule has 3 N–H and O–H groups in total. The number of sulfonamides is 1. The fourth-order valence-corrected chi connectivity index (χ4v) is 6.52. The number of aryl methyl sites for hydroxylation is 1. The van der Waals surface area contributed by atoms with Crippen molar-refractivity contribution < 1.29 is 13.2 Å². The number of hydrogen-bond donors (Lipinski definition) is 3. The maximum absolute atomic E-state index is 12.7. The Labute approximate surface area is 240 Å². The van der Waals surface area contributed by atoms with Crippen LogP contribution in [0.15, 0.2) is 60.9 Å². The maximum atomic E-state index is 12.7. The molecule has 2 aromatic heterocycles. The third-order valence-electron chi connectivity index (χ3n) is 7.16. The molecule has 210 valence electrons. The number of nitrogens with zero attached hydrogens (tertiary/aromatic N) is 3. The van der Waals surface area contributed by atoms with Gasteiger partial charge in [0, 0.05) is 35.8 Å². The Balaban J connectivity index is 0.00000323. The van der Waals surface area contributed by atoms with Crippen LogP contribution in [0.4, 0.5) is 11.6 Å². The molecule has 11 heteroatoms. The van der Waals surface area contributed by atoms with Gasteiger partial charge < -0.3 is 15.4 Å². The smallest absolute Gasteiger partial charge is 0.233 e. The lowest BCUT2D eigenvalue weighted by Gasteiger charge is -2.23. The van der Waals surface area contributed by atoms with Gasteiger partial charge in [-0.15, -0.1) is 12.4 Å². The van der Waals surface area contributed by atoms with Gasteiger partial charge in [-0.25, -0.2) is 23.4 Å². The van der Waals surface area contributed by atoms with Crippen LogP contribution in [-0.2, 0) is 10.0 Å². The zero-order chi connectivity index (χ0) is 26.8. The molecule has 4 aromatic rings. The summed E-state index contributed by atoms with van der Waals surface area (Å²) < 4.78 is 34.7. The number of halogens is 1. The molecule has 2 fully saturated rings. The lowest BCUT2D eigenvalue weighted by molar-refractivity contribution is 0.466. The molecule has 0 spiro atoms. The van der Waals surface area contributed by atoms with Crippen molar-refractivity contribution in [2.75, 3.05) is 28.9 Å². The van der Waals surface area contributed by atoms with Gasteiger partial charge in [0.1, 0.15) is 5.75 Å². The first-order valence-corrected chi connectivity index (χ1v) is 15.1. The van der Waals surface area contributed by atoms with Gasteiger partial charge in [-0.05, 0) is 74.9 Å². The number of rotatable bonds is 9. The molecule has 1 saturated carbocycles. The second kappa shape index (κ2) is 12.0. The first kappa shape index (κ1) is 28.1. The van der Waals surface area contributed by atoms with Gasteiger partial charge in [-0.1, -0.05) is 24.3 Å². The summed E-state index contributed by atoms with van der Waals surface area (Å²) in [7, 11) is -3.43. The summed E-state index contributed by atoms with van der Waals surface area (Å²) in [5, 5.41) is 8.40. The number of aromatic nitrogens is 3. The molecule has 6 rings (SSSR count). The molecule has 1 aliphatic carbocycles. The minimum Gasteiger partial charge on any atom is -0.437 e. The molecule has 9 nitrogen and oxygen atoms in total. The monoisotopic (exact) mass is 580 g/mol. The van der Waals surface area contributed by atoms with E-state index in [0.29, 0.717) is 29.0 Å². The Hall–Kier alpha value is -3.47. The van der Waals surface area contributed by atoms with Gasteiger partial charge in [0.2, 0.25) is 21.9 Å². The zero-order valence-electron chi connectivity index (χ0n) is 22.3. The normalized spacial score (nSPS) is 17.2. The first-order valence-electron chi connectivity index (χ1n) is 13.4. The molecule has 40 heavy (non-hydrogen) atoms. The van der Waals surface area contributed by atoms with E-state index in [1.165, 1.54) is 0 Å². The Bertz CT molecular complexity index is 1610. The van der Waals surface area contributed by atoms with Crippen LogP contribution < -0.4 is 20.1 Å². The van der Waals surface area contributed by atoms with Crippen molar-refractivity contribution in [1.29, 1.82) is 0 Å². The highest BCUT2D eigenvalue weighted by Gasteiger charge is 2.28. The number of fused-ring (bicyclic) bond motifs is 1. The molecule has 0 bridgehead atoms. The fraction of sp³-hybridized carbons (Fsp3) is 0.345. The summed E-state index contributed by atoms with van der Waals surface area (Å²) in [6.45, 7) is 3.89. The van der Waals surface area contributed by atoms with Crippen molar-refractivity contribution in [2.24, 2.45) is 5.92 Å². The van der Waals surface area contributed by atoms with Crippen molar-refractivity contribution in [2.45, 2.75) is 38.6 Å². The van der Waals surface area contributed by atoms with E-state index in [1.807, 2.05) is 49.4 Å². The predicted molar refractivity (Wildman–Crippen MR) is 161 cm³/mol. The molecule has 0 unspecified atom stereocenters. The topological polar surface area (TPSA) is 118 Å². The number of nitrogens with one attached hydrogen (secondary N) is 3. The van der Waals surface area contributed by atoms with Gasteiger partial charge in [0.05, 0.1) is 22.7 Å². The predicted octanol–water partition coefficient (Wildman–Crippen LogP) is 5.53. The highest BCUT2D eigenvalue weighted by atomic mass is 35.5. The van der Waals surface area contributed by atoms with E-state index in [0.717, 1.165) is 60.7 Å². The van der Waals surface area contributed by atoms with Crippen LogP contribution in [0.2, 0.25) is 0 Å². The van der Waals surface area contributed by atoms with E-state index in [4.69, 9.17) is 9.72 Å². The zero-order valence-corrected chi connectivity index (χ0v) is 23.9. The van der Waals surface area contributed by atoms with E-state index in [2.05, 4.69) is 25.3 Å². The summed E-state index contributed by atoms with van der Waals surface area (Å²) in [5.41, 5.74) is 2.89. The molecule has 1 saturated heterocycles. The standard InChI is InChI=1S/C29H32N6O3S.ClH/c1-19-9-12-22-23(6-2-8-26(22)35-39(36,37)18-20-10-11-20)27(19)38-28-24(7-4-15-31-28)25-13-16-32-29(34-25)33-21-5-3-14-30-17-21;/h2,4,6-9,12-13,15-16,20-21,30,35H,3,5,10-11,14,17-18H2,1H3,(H,32,33,34);1H/t21-;/m0./s1. The highest BCUT2D eigenvalue weighted by Crippen LogP contribution is 2.39. The Morgan fingerprint density at radius 3 is 2.67 bits per heavy atom. The van der Waals surface area contributed by atoms with Gasteiger partial charge in [0.15, 0.2) is 0 Å². The Morgan fingerprint density at radius 2 is 1.88 bits per heavy atom. The van der Waals surface area contributed by atoms with Crippen LogP contribution in [0, 0.1) is 12.8 Å². The second-order valence-corrected chi connectivity index (χ2v) is 12.1. The molecular weight excluding hydrogens is 548 g/mol. The van der Waals surface area contributed by atoms with E-state index in [9.17, 15) is 8.42 Å². The summed E-state index contributed by atoms with van der Waals surface area (Å²) in [5.74, 6) is 2.02. The SMILES string of the molecule is Cc1ccc2c(NS(=O)(=O)CC3CC3)cccc2c1Oc1ncccc1-c1ccnc(N[C@H]2CCCNC2)n1.Cl. The summed E-state index contributed by atoms with van der Waals surface area (Å²) >= 11 is 0. The molecular formula is C29H33ClN6O3S. The van der Waals surface area contributed by atoms with Crippen LogP contribution in [0.5, 0.6) is 11.6 Å². The number of benzene rings is 2. The largest absolute Gasteiger partial charge is 0.437 e. The Kier molecular flexibility index (Phi) is 8.39. The second-order valence-electron chi connectivity index (χ2n) is 10.4. The van der Waals surface area contributed by atoms with Crippen molar-refractivity contribution in [3.05, 3.63) is 66.5 Å². The number of pyridine rings is 1. The van der Waals surface area contributed by atoms with Crippen molar-refractivity contribution >= 4 is 44.8 Å². The molecule has 2 aliphatic rings. The van der Waals surface area contributed by atoms with Crippen LogP contribution in [0.25, 0.3) is 22.0 Å². The molecule has 1 atom stereocenters. The maximum Gasteiger partial charge on any atom is 0.233 e. The van der Waals surface area contributed by atoms with Gasteiger partial charge in [-0.3, -0.25) is 4.72 Å². The quantitative estimate of drug-likeness (QED) is 0.236. The van der Waals surface area contributed by atoms with E-state index >= 15 is 0 Å². The number of anilines is 2. The van der Waals surface area contributed by atoms with Crippen LogP contribution in [0.3, 0.4) is 0 Å². The van der Waals surface area contributed by atoms with E-state index < -0.39 is 10.0 Å². The molecule has 0 radical (unpaired) electrons. The average molecular weight is 581 g/mol. The summed E-state index contributed by atoms with van der Waals surface area (Å²) in [6, 6.07) is 15.3. The number of piperidine rings is 1. The van der Waals surface area contributed by atoms with E-state index in [-0.39, 0.29) is 30.1 Å². The fourth-order valence-electron chi connectivity index (χ4n) is 4.97. The van der Waals surface area contributed by atoms with Crippen molar-refractivity contribution in [3.63, 3.8) is 0 Å². The van der Waals surface area contributed by atoms with Gasteiger partial charge in [-0.2, -0.15) is 0 Å². The van der Waals surface area contributed by atoms with Crippen LogP contribution in [0.1, 0.15) is 31.2 Å². The number of ether oxygens (including phenoxy) is 1. The van der Waals surface area contributed by atoms with Crippen LogP contribution >= 0.6 is 12.4 Å². The summed E-state index contributed by atoms with van der Waals surface area (Å²) in [4.78, 5) is 13.7. The molecule has 2 aromatic carbocycles. The molecule has 3 heterocycles. The van der Waals surface area contributed by atoms with Crippen LogP contribution in [-0.4, -0.2) is 48.3 Å². The van der Waals surface area contributed by atoms with Gasteiger partial charge >= 0.3 is 0 Å². The third-order valence-corrected chi connectivity index (χ3v) is 8.60. The summed E-state index contributed by atoms with van der Waals surface area (Å²) in [6.07, 6.45) is 7.56. The average Bonchev–Trinajstić information content (AvgIpc) is 3.74. The highest BCUT2D eigenvalue weighted by molar-refractivity contribution is 7.92. The minimum absolute atomic E-state index is 0. The minimum atomic E-state index is -3.43. The lowest BCUT2D eigenvalue weighted by Crippen LogP contribution is -2.38.